The summed E-state index contributed by atoms with van der Waals surface area (Å²) in [6.07, 6.45) is 1.20. The molecule has 4 aromatic rings. The number of benzene rings is 3. The van der Waals surface area contributed by atoms with Gasteiger partial charge < -0.3 is 9.88 Å². The van der Waals surface area contributed by atoms with Gasteiger partial charge in [-0.25, -0.2) is 4.98 Å². The molecule has 4 rings (SSSR count). The van der Waals surface area contributed by atoms with Crippen molar-refractivity contribution in [3.05, 3.63) is 101 Å². The zero-order valence-electron chi connectivity index (χ0n) is 19.1. The predicted octanol–water partition coefficient (Wildman–Crippen LogP) is 6.02. The van der Waals surface area contributed by atoms with Gasteiger partial charge in [0.15, 0.2) is 0 Å². The lowest BCUT2D eigenvalue weighted by Gasteiger charge is -2.17. The van der Waals surface area contributed by atoms with Gasteiger partial charge in [-0.2, -0.15) is 0 Å². The van der Waals surface area contributed by atoms with Crippen LogP contribution in [0.2, 0.25) is 0 Å². The lowest BCUT2D eigenvalue weighted by atomic mass is 10.0. The van der Waals surface area contributed by atoms with E-state index in [4.69, 9.17) is 4.98 Å². The molecule has 0 bridgehead atoms. The van der Waals surface area contributed by atoms with Crippen LogP contribution in [0.25, 0.3) is 11.0 Å². The van der Waals surface area contributed by atoms with Crippen LogP contribution in [0, 0.1) is 0 Å². The number of aryl methyl sites for hydroxylation is 1. The molecule has 32 heavy (non-hydrogen) atoms. The standard InChI is InChI=1S/C28H31N3O/c1-20(2)24-16-13-23(14-17-24)19-31-26-12-8-7-11-25(26)30-28(31)21(3)29-27(32)18-15-22-9-5-4-6-10-22/h4-14,16-17,20-21H,15,18-19H2,1-3H3,(H,29,32). The number of hydrogen-bond acceptors (Lipinski definition) is 2. The Morgan fingerprint density at radius 1 is 0.875 bits per heavy atom. The number of nitrogens with one attached hydrogen (secondary N) is 1. The van der Waals surface area contributed by atoms with Crippen molar-refractivity contribution < 1.29 is 4.79 Å². The average Bonchev–Trinajstić information content (AvgIpc) is 3.17. The highest BCUT2D eigenvalue weighted by molar-refractivity contribution is 5.78. The number of amides is 1. The van der Waals surface area contributed by atoms with E-state index in [-0.39, 0.29) is 11.9 Å². The van der Waals surface area contributed by atoms with Gasteiger partial charge in [-0.05, 0) is 48.1 Å². The molecule has 0 aliphatic carbocycles. The minimum absolute atomic E-state index is 0.0428. The number of hydrogen-bond donors (Lipinski definition) is 1. The highest BCUT2D eigenvalue weighted by atomic mass is 16.1. The van der Waals surface area contributed by atoms with E-state index in [0.29, 0.717) is 12.3 Å². The van der Waals surface area contributed by atoms with Crippen LogP contribution in [0.5, 0.6) is 0 Å². The lowest BCUT2D eigenvalue weighted by molar-refractivity contribution is -0.121. The van der Waals surface area contributed by atoms with Crippen LogP contribution in [0.15, 0.2) is 78.9 Å². The van der Waals surface area contributed by atoms with E-state index in [0.717, 1.165) is 29.8 Å². The lowest BCUT2D eigenvalue weighted by Crippen LogP contribution is -2.29. The minimum Gasteiger partial charge on any atom is -0.346 e. The summed E-state index contributed by atoms with van der Waals surface area (Å²) >= 11 is 0. The van der Waals surface area contributed by atoms with Gasteiger partial charge in [0, 0.05) is 13.0 Å². The smallest absolute Gasteiger partial charge is 0.220 e. The Kier molecular flexibility index (Phi) is 6.69. The van der Waals surface area contributed by atoms with Gasteiger partial charge in [-0.1, -0.05) is 80.6 Å². The number of carbonyl (C=O) groups excluding carboxylic acids is 1. The minimum atomic E-state index is -0.180. The highest BCUT2D eigenvalue weighted by Gasteiger charge is 2.18. The zero-order valence-corrected chi connectivity index (χ0v) is 19.1. The molecule has 0 spiro atoms. The van der Waals surface area contributed by atoms with Crippen LogP contribution in [0.1, 0.15) is 61.7 Å². The second-order valence-electron chi connectivity index (χ2n) is 8.72. The molecule has 0 fully saturated rings. The van der Waals surface area contributed by atoms with Crippen LogP contribution in [-0.2, 0) is 17.8 Å². The Balaban J connectivity index is 1.53. The average molecular weight is 426 g/mol. The third-order valence-electron chi connectivity index (χ3n) is 5.92. The molecule has 1 atom stereocenters. The van der Waals surface area contributed by atoms with Crippen LogP contribution in [0.4, 0.5) is 0 Å². The SMILES string of the molecule is CC(C)c1ccc(Cn2c(C(C)NC(=O)CCc3ccccc3)nc3ccccc32)cc1. The van der Waals surface area contributed by atoms with Crippen molar-refractivity contribution in [2.24, 2.45) is 0 Å². The molecule has 1 unspecified atom stereocenters. The maximum absolute atomic E-state index is 12.6. The molecular formula is C28H31N3O. The summed E-state index contributed by atoms with van der Waals surface area (Å²) in [5, 5.41) is 3.16. The summed E-state index contributed by atoms with van der Waals surface area (Å²) in [5.74, 6) is 1.44. The molecule has 0 saturated heterocycles. The predicted molar refractivity (Wildman–Crippen MR) is 131 cm³/mol. The number of rotatable bonds is 8. The summed E-state index contributed by atoms with van der Waals surface area (Å²) in [7, 11) is 0. The number of fused-ring (bicyclic) bond motifs is 1. The monoisotopic (exact) mass is 425 g/mol. The van der Waals surface area contributed by atoms with Gasteiger partial charge in [0.1, 0.15) is 5.82 Å². The van der Waals surface area contributed by atoms with Crippen molar-refractivity contribution in [2.45, 2.75) is 52.1 Å². The molecular weight excluding hydrogens is 394 g/mol. The molecule has 164 valence electrons. The first-order valence-corrected chi connectivity index (χ1v) is 11.4. The fourth-order valence-corrected chi connectivity index (χ4v) is 4.06. The maximum atomic E-state index is 12.6. The Bertz CT molecular complexity index is 1180. The second-order valence-corrected chi connectivity index (χ2v) is 8.72. The van der Waals surface area contributed by atoms with Crippen molar-refractivity contribution in [1.82, 2.24) is 14.9 Å². The van der Waals surface area contributed by atoms with E-state index in [9.17, 15) is 4.79 Å². The van der Waals surface area contributed by atoms with Gasteiger partial charge in [0.2, 0.25) is 5.91 Å². The molecule has 4 heteroatoms. The van der Waals surface area contributed by atoms with E-state index in [1.165, 1.54) is 16.7 Å². The number of nitrogens with zero attached hydrogens (tertiary/aromatic N) is 2. The third kappa shape index (κ3) is 5.08. The van der Waals surface area contributed by atoms with Crippen molar-refractivity contribution in [2.75, 3.05) is 0 Å². The second kappa shape index (κ2) is 9.82. The molecule has 0 aliphatic rings. The molecule has 0 aliphatic heterocycles. The van der Waals surface area contributed by atoms with E-state index in [1.807, 2.05) is 43.3 Å². The number of para-hydroxylation sites is 2. The number of imidazole rings is 1. The maximum Gasteiger partial charge on any atom is 0.220 e. The van der Waals surface area contributed by atoms with Gasteiger partial charge >= 0.3 is 0 Å². The van der Waals surface area contributed by atoms with Gasteiger partial charge in [-0.15, -0.1) is 0 Å². The highest BCUT2D eigenvalue weighted by Crippen LogP contribution is 2.23. The molecule has 1 aromatic heterocycles. The van der Waals surface area contributed by atoms with E-state index in [1.54, 1.807) is 0 Å². The van der Waals surface area contributed by atoms with Gasteiger partial charge in [-0.3, -0.25) is 4.79 Å². The molecule has 1 amide bonds. The summed E-state index contributed by atoms with van der Waals surface area (Å²) in [4.78, 5) is 17.5. The largest absolute Gasteiger partial charge is 0.346 e. The summed E-state index contributed by atoms with van der Waals surface area (Å²) in [5.41, 5.74) is 5.77. The first-order chi connectivity index (χ1) is 15.5. The quantitative estimate of drug-likeness (QED) is 0.375. The molecule has 4 nitrogen and oxygen atoms in total. The third-order valence-corrected chi connectivity index (χ3v) is 5.92. The van der Waals surface area contributed by atoms with Crippen LogP contribution >= 0.6 is 0 Å². The van der Waals surface area contributed by atoms with E-state index < -0.39 is 0 Å². The van der Waals surface area contributed by atoms with Crippen LogP contribution in [0.3, 0.4) is 0 Å². The Morgan fingerprint density at radius 2 is 1.56 bits per heavy atom. The van der Waals surface area contributed by atoms with E-state index in [2.05, 4.69) is 66.2 Å². The van der Waals surface area contributed by atoms with Crippen LogP contribution in [-0.4, -0.2) is 15.5 Å². The molecule has 0 radical (unpaired) electrons. The molecule has 1 heterocycles. The van der Waals surface area contributed by atoms with Crippen molar-refractivity contribution in [1.29, 1.82) is 0 Å². The van der Waals surface area contributed by atoms with Gasteiger partial charge in [0.25, 0.3) is 0 Å². The Morgan fingerprint density at radius 3 is 2.28 bits per heavy atom. The van der Waals surface area contributed by atoms with Crippen molar-refractivity contribution in [3.63, 3.8) is 0 Å². The Labute approximate surface area is 190 Å². The number of aromatic nitrogens is 2. The number of carbonyl (C=O) groups is 1. The van der Waals surface area contributed by atoms with Crippen LogP contribution < -0.4 is 5.32 Å². The first kappa shape index (κ1) is 21.8. The summed E-state index contributed by atoms with van der Waals surface area (Å²) < 4.78 is 2.22. The van der Waals surface area contributed by atoms with Crippen molar-refractivity contribution >= 4 is 16.9 Å². The van der Waals surface area contributed by atoms with Gasteiger partial charge in [0.05, 0.1) is 17.1 Å². The summed E-state index contributed by atoms with van der Waals surface area (Å²) in [6, 6.07) is 26.9. The molecule has 3 aromatic carbocycles. The normalized spacial score (nSPS) is 12.2. The summed E-state index contributed by atoms with van der Waals surface area (Å²) in [6.45, 7) is 7.15. The fourth-order valence-electron chi connectivity index (χ4n) is 4.06. The Hall–Kier alpha value is -3.40. The van der Waals surface area contributed by atoms with E-state index >= 15 is 0 Å². The fraction of sp³-hybridized carbons (Fsp3) is 0.286. The topological polar surface area (TPSA) is 46.9 Å². The molecule has 1 N–H and O–H groups in total. The molecule has 0 saturated carbocycles. The zero-order chi connectivity index (χ0) is 22.5. The first-order valence-electron chi connectivity index (χ1n) is 11.4. The van der Waals surface area contributed by atoms with Crippen molar-refractivity contribution in [3.8, 4) is 0 Å².